The number of ether oxygens (including phenoxy) is 1. The van der Waals surface area contributed by atoms with Crippen LogP contribution in [0, 0.1) is 0 Å². The van der Waals surface area contributed by atoms with Crippen LogP contribution < -0.4 is 5.32 Å². The molecule has 0 amide bonds. The second kappa shape index (κ2) is 6.04. The van der Waals surface area contributed by atoms with E-state index in [1.165, 1.54) is 0 Å². The van der Waals surface area contributed by atoms with Gasteiger partial charge in [-0.1, -0.05) is 30.3 Å². The molecule has 0 aliphatic carbocycles. The highest BCUT2D eigenvalue weighted by Gasteiger charge is 2.28. The molecule has 1 saturated heterocycles. The molecular formula is C16H25NO2. The minimum Gasteiger partial charge on any atom is -0.384 e. The first-order chi connectivity index (χ1) is 8.97. The molecule has 3 nitrogen and oxygen atoms in total. The average molecular weight is 263 g/mol. The van der Waals surface area contributed by atoms with Crippen molar-refractivity contribution in [1.29, 1.82) is 0 Å². The molecule has 106 valence electrons. The smallest absolute Gasteiger partial charge is 0.0992 e. The molecule has 1 fully saturated rings. The van der Waals surface area contributed by atoms with E-state index in [2.05, 4.69) is 19.2 Å². The average Bonchev–Trinajstić information content (AvgIpc) is 2.37. The van der Waals surface area contributed by atoms with Crippen LogP contribution in [0.1, 0.15) is 39.2 Å². The molecule has 2 N–H and O–H groups in total. The lowest BCUT2D eigenvalue weighted by Crippen LogP contribution is -2.46. The Labute approximate surface area is 116 Å². The molecular weight excluding hydrogens is 238 g/mol. The SMILES string of the molecule is CC1CC(NCC(C)(O)c2ccccc2)CC(C)O1. The third-order valence-corrected chi connectivity index (χ3v) is 3.83. The Hall–Kier alpha value is -0.900. The van der Waals surface area contributed by atoms with E-state index >= 15 is 0 Å². The highest BCUT2D eigenvalue weighted by Crippen LogP contribution is 2.22. The molecule has 0 aromatic heterocycles. The Balaban J connectivity index is 1.91. The van der Waals surface area contributed by atoms with Gasteiger partial charge in [-0.2, -0.15) is 0 Å². The van der Waals surface area contributed by atoms with Gasteiger partial charge in [0.25, 0.3) is 0 Å². The molecule has 19 heavy (non-hydrogen) atoms. The van der Waals surface area contributed by atoms with Gasteiger partial charge >= 0.3 is 0 Å². The molecule has 0 radical (unpaired) electrons. The number of benzene rings is 1. The maximum atomic E-state index is 10.6. The Morgan fingerprint density at radius 2 is 1.79 bits per heavy atom. The standard InChI is InChI=1S/C16H25NO2/c1-12-9-15(10-13(2)19-12)17-11-16(3,18)14-7-5-4-6-8-14/h4-8,12-13,15,17-18H,9-11H2,1-3H3. The molecule has 1 aliphatic rings. The van der Waals surface area contributed by atoms with Gasteiger partial charge in [0.05, 0.1) is 17.8 Å². The highest BCUT2D eigenvalue weighted by atomic mass is 16.5. The summed E-state index contributed by atoms with van der Waals surface area (Å²) in [6.07, 6.45) is 2.61. The van der Waals surface area contributed by atoms with Gasteiger partial charge in [0.15, 0.2) is 0 Å². The van der Waals surface area contributed by atoms with Crippen LogP contribution in [0.25, 0.3) is 0 Å². The predicted octanol–water partition coefficient (Wildman–Crippen LogP) is 2.44. The van der Waals surface area contributed by atoms with E-state index in [-0.39, 0.29) is 0 Å². The zero-order valence-corrected chi connectivity index (χ0v) is 12.1. The van der Waals surface area contributed by atoms with Gasteiger partial charge in [-0.25, -0.2) is 0 Å². The summed E-state index contributed by atoms with van der Waals surface area (Å²) in [6.45, 7) is 6.65. The first-order valence-corrected chi connectivity index (χ1v) is 7.14. The predicted molar refractivity (Wildman–Crippen MR) is 77.0 cm³/mol. The maximum absolute atomic E-state index is 10.6. The number of hydrogen-bond donors (Lipinski definition) is 2. The van der Waals surface area contributed by atoms with Crippen LogP contribution in [0.5, 0.6) is 0 Å². The number of nitrogens with one attached hydrogen (secondary N) is 1. The van der Waals surface area contributed by atoms with Crippen molar-refractivity contribution in [3.8, 4) is 0 Å². The van der Waals surface area contributed by atoms with E-state index in [0.29, 0.717) is 24.8 Å². The van der Waals surface area contributed by atoms with Crippen LogP contribution in [-0.4, -0.2) is 29.9 Å². The van der Waals surface area contributed by atoms with Crippen molar-refractivity contribution in [1.82, 2.24) is 5.32 Å². The third-order valence-electron chi connectivity index (χ3n) is 3.83. The number of rotatable bonds is 4. The first kappa shape index (κ1) is 14.5. The number of aliphatic hydroxyl groups is 1. The van der Waals surface area contributed by atoms with E-state index in [1.54, 1.807) is 0 Å². The van der Waals surface area contributed by atoms with E-state index < -0.39 is 5.60 Å². The van der Waals surface area contributed by atoms with Crippen molar-refractivity contribution < 1.29 is 9.84 Å². The number of hydrogen-bond acceptors (Lipinski definition) is 3. The molecule has 1 aromatic rings. The fourth-order valence-electron chi connectivity index (χ4n) is 2.81. The largest absolute Gasteiger partial charge is 0.384 e. The fraction of sp³-hybridized carbons (Fsp3) is 0.625. The van der Waals surface area contributed by atoms with Gasteiger partial charge in [-0.05, 0) is 39.2 Å². The summed E-state index contributed by atoms with van der Waals surface area (Å²) in [7, 11) is 0. The van der Waals surface area contributed by atoms with Crippen molar-refractivity contribution in [3.05, 3.63) is 35.9 Å². The summed E-state index contributed by atoms with van der Waals surface area (Å²) >= 11 is 0. The minimum absolute atomic E-state index is 0.294. The molecule has 3 unspecified atom stereocenters. The van der Waals surface area contributed by atoms with E-state index in [9.17, 15) is 5.11 Å². The summed E-state index contributed by atoms with van der Waals surface area (Å²) < 4.78 is 5.73. The molecule has 3 atom stereocenters. The van der Waals surface area contributed by atoms with Crippen LogP contribution in [0.2, 0.25) is 0 Å². The lowest BCUT2D eigenvalue weighted by atomic mass is 9.94. The van der Waals surface area contributed by atoms with Crippen molar-refractivity contribution in [3.63, 3.8) is 0 Å². The molecule has 0 spiro atoms. The van der Waals surface area contributed by atoms with Crippen LogP contribution in [0.4, 0.5) is 0 Å². The first-order valence-electron chi connectivity index (χ1n) is 7.14. The summed E-state index contributed by atoms with van der Waals surface area (Å²) in [5.41, 5.74) is 0.127. The van der Waals surface area contributed by atoms with Crippen LogP contribution >= 0.6 is 0 Å². The molecule has 1 aromatic carbocycles. The van der Waals surface area contributed by atoms with E-state index in [4.69, 9.17) is 4.74 Å². The van der Waals surface area contributed by atoms with Crippen molar-refractivity contribution >= 4 is 0 Å². The van der Waals surface area contributed by atoms with Crippen LogP contribution in [0.3, 0.4) is 0 Å². The van der Waals surface area contributed by atoms with Crippen molar-refractivity contribution in [2.45, 2.75) is 57.5 Å². The van der Waals surface area contributed by atoms with Gasteiger partial charge in [-0.15, -0.1) is 0 Å². The molecule has 1 heterocycles. The normalized spacial score (nSPS) is 30.8. The zero-order valence-electron chi connectivity index (χ0n) is 12.1. The molecule has 2 rings (SSSR count). The lowest BCUT2D eigenvalue weighted by molar-refractivity contribution is -0.0462. The maximum Gasteiger partial charge on any atom is 0.0992 e. The van der Waals surface area contributed by atoms with Crippen molar-refractivity contribution in [2.24, 2.45) is 0 Å². The fourth-order valence-corrected chi connectivity index (χ4v) is 2.81. The Morgan fingerprint density at radius 3 is 2.37 bits per heavy atom. The van der Waals surface area contributed by atoms with Gasteiger partial charge < -0.3 is 15.2 Å². The van der Waals surface area contributed by atoms with Crippen LogP contribution in [-0.2, 0) is 10.3 Å². The summed E-state index contributed by atoms with van der Waals surface area (Å²) in [5, 5.41) is 14.0. The Kier molecular flexibility index (Phi) is 4.61. The second-order valence-corrected chi connectivity index (χ2v) is 5.95. The zero-order chi connectivity index (χ0) is 13.9. The van der Waals surface area contributed by atoms with Gasteiger partial charge in [0, 0.05) is 12.6 Å². The molecule has 0 bridgehead atoms. The Morgan fingerprint density at radius 1 is 1.21 bits per heavy atom. The molecule has 1 aliphatic heterocycles. The third kappa shape index (κ3) is 4.03. The van der Waals surface area contributed by atoms with Crippen LogP contribution in [0.15, 0.2) is 30.3 Å². The second-order valence-electron chi connectivity index (χ2n) is 5.95. The lowest BCUT2D eigenvalue weighted by Gasteiger charge is -2.35. The summed E-state index contributed by atoms with van der Waals surface area (Å²) in [5.74, 6) is 0. The summed E-state index contributed by atoms with van der Waals surface area (Å²) in [4.78, 5) is 0. The molecule has 0 saturated carbocycles. The summed E-state index contributed by atoms with van der Waals surface area (Å²) in [6, 6.07) is 10.3. The highest BCUT2D eigenvalue weighted by molar-refractivity contribution is 5.21. The van der Waals surface area contributed by atoms with E-state index in [0.717, 1.165) is 18.4 Å². The van der Waals surface area contributed by atoms with Gasteiger partial charge in [0.1, 0.15) is 0 Å². The molecule has 3 heteroatoms. The quantitative estimate of drug-likeness (QED) is 0.876. The van der Waals surface area contributed by atoms with Gasteiger partial charge in [0.2, 0.25) is 0 Å². The minimum atomic E-state index is -0.827. The Bertz CT molecular complexity index is 381. The van der Waals surface area contributed by atoms with E-state index in [1.807, 2.05) is 37.3 Å². The van der Waals surface area contributed by atoms with Crippen molar-refractivity contribution in [2.75, 3.05) is 6.54 Å². The topological polar surface area (TPSA) is 41.5 Å². The van der Waals surface area contributed by atoms with Gasteiger partial charge in [-0.3, -0.25) is 0 Å². The monoisotopic (exact) mass is 263 g/mol.